The van der Waals surface area contributed by atoms with Crippen LogP contribution in [-0.4, -0.2) is 25.7 Å². The molecule has 2 N–H and O–H groups in total. The largest absolute Gasteiger partial charge is 0.486 e. The zero-order valence-corrected chi connectivity index (χ0v) is 12.5. The monoisotopic (exact) mass is 316 g/mol. The highest BCUT2D eigenvalue weighted by Gasteiger charge is 2.11. The number of carbonyl (C=O) groups excluding carboxylic acids is 1. The van der Waals surface area contributed by atoms with Crippen LogP contribution in [-0.2, 0) is 4.79 Å². The van der Waals surface area contributed by atoms with Crippen LogP contribution in [0.25, 0.3) is 0 Å². The highest BCUT2D eigenvalue weighted by Crippen LogP contribution is 2.32. The van der Waals surface area contributed by atoms with Gasteiger partial charge in [0.1, 0.15) is 19.0 Å². The lowest BCUT2D eigenvalue weighted by Gasteiger charge is -2.19. The zero-order chi connectivity index (χ0) is 16.1. The van der Waals surface area contributed by atoms with E-state index in [2.05, 4.69) is 10.6 Å². The summed E-state index contributed by atoms with van der Waals surface area (Å²) in [5, 5.41) is 5.88. The van der Waals surface area contributed by atoms with Gasteiger partial charge in [-0.05, 0) is 36.4 Å². The molecule has 6 heteroatoms. The molecular formula is C17H17FN2O3. The van der Waals surface area contributed by atoms with Gasteiger partial charge in [0.15, 0.2) is 11.5 Å². The van der Waals surface area contributed by atoms with Crippen LogP contribution in [0.3, 0.4) is 0 Å². The van der Waals surface area contributed by atoms with Gasteiger partial charge >= 0.3 is 0 Å². The number of rotatable bonds is 5. The van der Waals surface area contributed by atoms with Crippen LogP contribution >= 0.6 is 0 Å². The number of anilines is 2. The summed E-state index contributed by atoms with van der Waals surface area (Å²) in [4.78, 5) is 11.8. The topological polar surface area (TPSA) is 59.6 Å². The first kappa shape index (κ1) is 15.1. The fourth-order valence-corrected chi connectivity index (χ4v) is 2.23. The summed E-state index contributed by atoms with van der Waals surface area (Å²) in [7, 11) is 0. The highest BCUT2D eigenvalue weighted by atomic mass is 19.1. The number of benzene rings is 2. The number of nitrogens with one attached hydrogen (secondary N) is 2. The van der Waals surface area contributed by atoms with E-state index in [0.29, 0.717) is 37.6 Å². The average Bonchev–Trinajstić information content (AvgIpc) is 2.57. The van der Waals surface area contributed by atoms with E-state index >= 15 is 0 Å². The Morgan fingerprint density at radius 2 is 1.70 bits per heavy atom. The van der Waals surface area contributed by atoms with Crippen LogP contribution in [0.15, 0.2) is 42.5 Å². The number of carbonyl (C=O) groups is 1. The molecule has 0 aliphatic carbocycles. The first-order valence-electron chi connectivity index (χ1n) is 7.40. The summed E-state index contributed by atoms with van der Waals surface area (Å²) in [6, 6.07) is 11.3. The van der Waals surface area contributed by atoms with Gasteiger partial charge in [0, 0.05) is 30.4 Å². The van der Waals surface area contributed by atoms with Crippen molar-refractivity contribution in [3.63, 3.8) is 0 Å². The lowest BCUT2D eigenvalue weighted by atomic mass is 10.2. The Labute approximate surface area is 133 Å². The number of hydrogen-bond acceptors (Lipinski definition) is 4. The summed E-state index contributed by atoms with van der Waals surface area (Å²) in [6.45, 7) is 1.58. The summed E-state index contributed by atoms with van der Waals surface area (Å²) >= 11 is 0. The third-order valence-corrected chi connectivity index (χ3v) is 3.35. The maximum absolute atomic E-state index is 12.8. The lowest BCUT2D eigenvalue weighted by Crippen LogP contribution is -2.17. The Hall–Kier alpha value is -2.76. The van der Waals surface area contributed by atoms with Gasteiger partial charge in [-0.2, -0.15) is 0 Å². The van der Waals surface area contributed by atoms with Crippen LogP contribution in [0.4, 0.5) is 15.8 Å². The number of hydrogen-bond donors (Lipinski definition) is 2. The fraction of sp³-hybridized carbons (Fsp3) is 0.235. The third kappa shape index (κ3) is 4.12. The van der Waals surface area contributed by atoms with Gasteiger partial charge in [-0.3, -0.25) is 4.79 Å². The molecule has 1 amide bonds. The standard InChI is InChI=1S/C17H17FN2O3/c18-12-1-3-13(4-2-12)20-17(21)7-8-19-14-5-6-15-16(11-14)23-10-9-22-15/h1-6,11,19H,7-10H2,(H,20,21). The smallest absolute Gasteiger partial charge is 0.226 e. The Bertz CT molecular complexity index is 689. The van der Waals surface area contributed by atoms with E-state index in [1.54, 1.807) is 0 Å². The minimum absolute atomic E-state index is 0.137. The second kappa shape index (κ2) is 7.00. The molecule has 0 saturated carbocycles. The van der Waals surface area contributed by atoms with Gasteiger partial charge in [-0.15, -0.1) is 0 Å². The quantitative estimate of drug-likeness (QED) is 0.890. The van der Waals surface area contributed by atoms with E-state index in [0.717, 1.165) is 11.4 Å². The molecule has 0 radical (unpaired) electrons. The zero-order valence-electron chi connectivity index (χ0n) is 12.5. The van der Waals surface area contributed by atoms with Gasteiger partial charge in [0.25, 0.3) is 0 Å². The number of ether oxygens (including phenoxy) is 2. The maximum Gasteiger partial charge on any atom is 0.226 e. The second-order valence-corrected chi connectivity index (χ2v) is 5.09. The molecule has 0 unspecified atom stereocenters. The summed E-state index contributed by atoms with van der Waals surface area (Å²) in [5.74, 6) is 0.970. The third-order valence-electron chi connectivity index (χ3n) is 3.35. The average molecular weight is 316 g/mol. The molecule has 0 bridgehead atoms. The van der Waals surface area contributed by atoms with Gasteiger partial charge < -0.3 is 20.1 Å². The van der Waals surface area contributed by atoms with E-state index in [-0.39, 0.29) is 11.7 Å². The summed E-state index contributed by atoms with van der Waals surface area (Å²) < 4.78 is 23.8. The predicted octanol–water partition coefficient (Wildman–Crippen LogP) is 3.04. The number of fused-ring (bicyclic) bond motifs is 1. The van der Waals surface area contributed by atoms with Gasteiger partial charge in [-0.1, -0.05) is 0 Å². The van der Waals surface area contributed by atoms with Crippen molar-refractivity contribution in [3.05, 3.63) is 48.3 Å². The van der Waals surface area contributed by atoms with Crippen LogP contribution in [0, 0.1) is 5.82 Å². The normalized spacial score (nSPS) is 12.6. The molecule has 0 atom stereocenters. The minimum atomic E-state index is -0.330. The van der Waals surface area contributed by atoms with E-state index in [4.69, 9.17) is 9.47 Å². The van der Waals surface area contributed by atoms with Crippen molar-refractivity contribution in [2.24, 2.45) is 0 Å². The lowest BCUT2D eigenvalue weighted by molar-refractivity contribution is -0.115. The molecule has 1 aliphatic heterocycles. The maximum atomic E-state index is 12.8. The van der Waals surface area contributed by atoms with Gasteiger partial charge in [-0.25, -0.2) is 4.39 Å². The Balaban J connectivity index is 1.47. The van der Waals surface area contributed by atoms with Crippen molar-refractivity contribution in [1.82, 2.24) is 0 Å². The first-order valence-corrected chi connectivity index (χ1v) is 7.40. The summed E-state index contributed by atoms with van der Waals surface area (Å²) in [6.07, 6.45) is 0.297. The molecule has 0 spiro atoms. The number of amides is 1. The van der Waals surface area contributed by atoms with Gasteiger partial charge in [0.05, 0.1) is 0 Å². The van der Waals surface area contributed by atoms with Crippen molar-refractivity contribution >= 4 is 17.3 Å². The molecule has 0 saturated heterocycles. The molecule has 120 valence electrons. The van der Waals surface area contributed by atoms with Crippen molar-refractivity contribution in [2.45, 2.75) is 6.42 Å². The molecule has 23 heavy (non-hydrogen) atoms. The molecule has 3 rings (SSSR count). The SMILES string of the molecule is O=C(CCNc1ccc2c(c1)OCCO2)Nc1ccc(F)cc1. The second-order valence-electron chi connectivity index (χ2n) is 5.09. The van der Waals surface area contributed by atoms with Crippen LogP contribution < -0.4 is 20.1 Å². The van der Waals surface area contributed by atoms with E-state index in [1.165, 1.54) is 24.3 Å². The van der Waals surface area contributed by atoms with Crippen molar-refractivity contribution in [1.29, 1.82) is 0 Å². The molecule has 1 heterocycles. The van der Waals surface area contributed by atoms with E-state index < -0.39 is 0 Å². The van der Waals surface area contributed by atoms with Crippen molar-refractivity contribution < 1.29 is 18.7 Å². The van der Waals surface area contributed by atoms with Gasteiger partial charge in [0.2, 0.25) is 5.91 Å². The van der Waals surface area contributed by atoms with E-state index in [9.17, 15) is 9.18 Å². The first-order chi connectivity index (χ1) is 11.2. The van der Waals surface area contributed by atoms with E-state index in [1.807, 2.05) is 18.2 Å². The highest BCUT2D eigenvalue weighted by molar-refractivity contribution is 5.90. The van der Waals surface area contributed by atoms with Crippen LogP contribution in [0.1, 0.15) is 6.42 Å². The Morgan fingerprint density at radius 3 is 2.48 bits per heavy atom. The number of halogens is 1. The molecular weight excluding hydrogens is 299 g/mol. The molecule has 0 aromatic heterocycles. The molecule has 2 aromatic rings. The molecule has 1 aliphatic rings. The molecule has 2 aromatic carbocycles. The Kier molecular flexibility index (Phi) is 4.61. The van der Waals surface area contributed by atoms with Crippen LogP contribution in [0.5, 0.6) is 11.5 Å². The summed E-state index contributed by atoms with van der Waals surface area (Å²) in [5.41, 5.74) is 1.44. The fourth-order valence-electron chi connectivity index (χ4n) is 2.23. The minimum Gasteiger partial charge on any atom is -0.486 e. The van der Waals surface area contributed by atoms with Crippen molar-refractivity contribution in [3.8, 4) is 11.5 Å². The van der Waals surface area contributed by atoms with Crippen molar-refractivity contribution in [2.75, 3.05) is 30.4 Å². The Morgan fingerprint density at radius 1 is 1.00 bits per heavy atom. The molecule has 0 fully saturated rings. The predicted molar refractivity (Wildman–Crippen MR) is 85.6 cm³/mol. The van der Waals surface area contributed by atoms with Crippen LogP contribution in [0.2, 0.25) is 0 Å². The molecule has 5 nitrogen and oxygen atoms in total.